The fraction of sp³-hybridized carbons (Fsp3) is 0.429. The van der Waals surface area contributed by atoms with Crippen LogP contribution in [0.1, 0.15) is 43.9 Å². The number of rotatable bonds is 5. The van der Waals surface area contributed by atoms with Crippen LogP contribution in [-0.2, 0) is 11.8 Å². The Bertz CT molecular complexity index is 972. The van der Waals surface area contributed by atoms with E-state index in [0.717, 1.165) is 22.4 Å². The highest BCUT2D eigenvalue weighted by Crippen LogP contribution is 2.30. The van der Waals surface area contributed by atoms with Gasteiger partial charge in [0.2, 0.25) is 0 Å². The minimum atomic E-state index is 0.0171. The molecule has 5 heteroatoms. The van der Waals surface area contributed by atoms with Gasteiger partial charge in [-0.3, -0.25) is 4.79 Å². The highest BCUT2D eigenvalue weighted by atomic mass is 16.5. The lowest BCUT2D eigenvalue weighted by molar-refractivity contribution is 0.164. The number of benzene rings is 1. The van der Waals surface area contributed by atoms with Gasteiger partial charge in [-0.05, 0) is 43.5 Å². The summed E-state index contributed by atoms with van der Waals surface area (Å²) in [6, 6.07) is 8.49. The van der Waals surface area contributed by atoms with E-state index in [1.165, 1.54) is 5.56 Å². The molecule has 0 N–H and O–H groups in total. The molecule has 0 spiro atoms. The van der Waals surface area contributed by atoms with Gasteiger partial charge in [-0.25, -0.2) is 4.98 Å². The van der Waals surface area contributed by atoms with E-state index in [-0.39, 0.29) is 11.6 Å². The second kappa shape index (κ2) is 7.08. The molecule has 1 aromatic carbocycles. The number of aryl methyl sites for hydroxylation is 2. The Hall–Kier alpha value is -2.40. The van der Waals surface area contributed by atoms with Gasteiger partial charge in [0, 0.05) is 31.5 Å². The molecular formula is C21H27N3O2. The molecule has 138 valence electrons. The predicted molar refractivity (Wildman–Crippen MR) is 106 cm³/mol. The summed E-state index contributed by atoms with van der Waals surface area (Å²) in [5, 5.41) is 0. The molecule has 2 heterocycles. The summed E-state index contributed by atoms with van der Waals surface area (Å²) in [6.45, 7) is 8.95. The monoisotopic (exact) mass is 353 g/mol. The fourth-order valence-electron chi connectivity index (χ4n) is 3.43. The van der Waals surface area contributed by atoms with Gasteiger partial charge in [-0.1, -0.05) is 19.9 Å². The van der Waals surface area contributed by atoms with Gasteiger partial charge in [0.05, 0.1) is 23.7 Å². The molecule has 0 saturated heterocycles. The Morgan fingerprint density at radius 3 is 2.54 bits per heavy atom. The molecule has 0 aliphatic heterocycles. The molecule has 2 aromatic heterocycles. The molecule has 0 amide bonds. The summed E-state index contributed by atoms with van der Waals surface area (Å²) in [7, 11) is 3.49. The van der Waals surface area contributed by atoms with Gasteiger partial charge in [0.15, 0.2) is 0 Å². The van der Waals surface area contributed by atoms with Crippen molar-refractivity contribution >= 4 is 11.0 Å². The number of pyridine rings is 1. The molecule has 26 heavy (non-hydrogen) atoms. The molecule has 0 aliphatic rings. The van der Waals surface area contributed by atoms with Crippen molar-refractivity contribution in [2.45, 2.75) is 39.7 Å². The van der Waals surface area contributed by atoms with Gasteiger partial charge in [-0.15, -0.1) is 0 Å². The Morgan fingerprint density at radius 1 is 1.19 bits per heavy atom. The van der Waals surface area contributed by atoms with Crippen LogP contribution in [0.15, 0.2) is 35.3 Å². The molecular weight excluding hydrogens is 326 g/mol. The van der Waals surface area contributed by atoms with E-state index in [4.69, 9.17) is 9.72 Å². The predicted octanol–water partition coefficient (Wildman–Crippen LogP) is 4.04. The van der Waals surface area contributed by atoms with Gasteiger partial charge < -0.3 is 13.9 Å². The molecule has 0 saturated carbocycles. The van der Waals surface area contributed by atoms with Gasteiger partial charge >= 0.3 is 0 Å². The van der Waals surface area contributed by atoms with E-state index in [1.54, 1.807) is 18.7 Å². The van der Waals surface area contributed by atoms with Crippen molar-refractivity contribution in [1.82, 2.24) is 14.1 Å². The number of fused-ring (bicyclic) bond motifs is 1. The Kier molecular flexibility index (Phi) is 5.01. The zero-order chi connectivity index (χ0) is 19.0. The molecule has 3 rings (SSSR count). The van der Waals surface area contributed by atoms with Crippen molar-refractivity contribution in [3.63, 3.8) is 0 Å². The van der Waals surface area contributed by atoms with Crippen LogP contribution in [-0.4, -0.2) is 27.8 Å². The van der Waals surface area contributed by atoms with Gasteiger partial charge in [-0.2, -0.15) is 0 Å². The lowest BCUT2D eigenvalue weighted by Gasteiger charge is -2.18. The van der Waals surface area contributed by atoms with Crippen LogP contribution in [0.3, 0.4) is 0 Å². The average Bonchev–Trinajstić information content (AvgIpc) is 2.98. The van der Waals surface area contributed by atoms with Crippen LogP contribution in [0.2, 0.25) is 0 Å². The van der Waals surface area contributed by atoms with Crippen LogP contribution in [0.25, 0.3) is 22.4 Å². The standard InChI is InChI=1S/C21H27N3O2/c1-13(2)16-7-8-18-19(10-16)24(15(4)12-26-6)20(22-18)17-9-14(3)21(25)23(5)11-17/h7-11,13,15H,12H2,1-6H3/t15-/m0/s1. The van der Waals surface area contributed by atoms with Crippen molar-refractivity contribution in [3.8, 4) is 11.4 Å². The number of methoxy groups -OCH3 is 1. The highest BCUT2D eigenvalue weighted by Gasteiger charge is 2.19. The van der Waals surface area contributed by atoms with Crippen LogP contribution in [0.4, 0.5) is 0 Å². The van der Waals surface area contributed by atoms with Crippen LogP contribution < -0.4 is 5.56 Å². The van der Waals surface area contributed by atoms with Gasteiger partial charge in [0.1, 0.15) is 5.82 Å². The fourth-order valence-corrected chi connectivity index (χ4v) is 3.43. The van der Waals surface area contributed by atoms with E-state index < -0.39 is 0 Å². The van der Waals surface area contributed by atoms with Crippen LogP contribution in [0, 0.1) is 6.92 Å². The molecule has 0 bridgehead atoms. The molecule has 0 unspecified atom stereocenters. The number of nitrogens with zero attached hydrogens (tertiary/aromatic N) is 3. The lowest BCUT2D eigenvalue weighted by Crippen LogP contribution is -2.19. The summed E-state index contributed by atoms with van der Waals surface area (Å²) < 4.78 is 9.25. The first-order valence-electron chi connectivity index (χ1n) is 9.02. The Labute approximate surface area is 154 Å². The zero-order valence-electron chi connectivity index (χ0n) is 16.4. The minimum absolute atomic E-state index is 0.0171. The number of hydrogen-bond acceptors (Lipinski definition) is 3. The number of hydrogen-bond donors (Lipinski definition) is 0. The third-order valence-corrected chi connectivity index (χ3v) is 4.85. The molecule has 0 aliphatic carbocycles. The van der Waals surface area contributed by atoms with Crippen molar-refractivity contribution in [1.29, 1.82) is 0 Å². The van der Waals surface area contributed by atoms with Crippen molar-refractivity contribution < 1.29 is 4.74 Å². The third-order valence-electron chi connectivity index (χ3n) is 4.85. The maximum Gasteiger partial charge on any atom is 0.253 e. The molecule has 3 aromatic rings. The summed E-state index contributed by atoms with van der Waals surface area (Å²) in [4.78, 5) is 17.0. The molecule has 5 nitrogen and oxygen atoms in total. The summed E-state index contributed by atoms with van der Waals surface area (Å²) in [6.07, 6.45) is 1.86. The normalized spacial score (nSPS) is 12.9. The average molecular weight is 353 g/mol. The van der Waals surface area contributed by atoms with E-state index in [2.05, 4.69) is 43.5 Å². The number of imidazole rings is 1. The third kappa shape index (κ3) is 3.19. The van der Waals surface area contributed by atoms with Crippen molar-refractivity contribution in [2.75, 3.05) is 13.7 Å². The quantitative estimate of drug-likeness (QED) is 0.695. The van der Waals surface area contributed by atoms with E-state index in [9.17, 15) is 4.79 Å². The second-order valence-electron chi connectivity index (χ2n) is 7.34. The Balaban J connectivity index is 2.30. The van der Waals surface area contributed by atoms with Crippen LogP contribution in [0.5, 0.6) is 0 Å². The van der Waals surface area contributed by atoms with E-state index in [0.29, 0.717) is 18.1 Å². The minimum Gasteiger partial charge on any atom is -0.383 e. The van der Waals surface area contributed by atoms with E-state index in [1.807, 2.05) is 19.2 Å². The summed E-state index contributed by atoms with van der Waals surface area (Å²) >= 11 is 0. The summed E-state index contributed by atoms with van der Waals surface area (Å²) in [5.41, 5.74) is 5.01. The highest BCUT2D eigenvalue weighted by molar-refractivity contribution is 5.81. The van der Waals surface area contributed by atoms with Crippen molar-refractivity contribution in [2.24, 2.45) is 7.05 Å². The first-order chi connectivity index (χ1) is 12.3. The van der Waals surface area contributed by atoms with Crippen molar-refractivity contribution in [3.05, 3.63) is 51.9 Å². The molecule has 0 radical (unpaired) electrons. The smallest absolute Gasteiger partial charge is 0.253 e. The molecule has 1 atom stereocenters. The lowest BCUT2D eigenvalue weighted by atomic mass is 10.0. The second-order valence-corrected chi connectivity index (χ2v) is 7.34. The summed E-state index contributed by atoms with van der Waals surface area (Å²) in [5.74, 6) is 1.31. The zero-order valence-corrected chi connectivity index (χ0v) is 16.4. The number of ether oxygens (including phenoxy) is 1. The maximum atomic E-state index is 12.1. The maximum absolute atomic E-state index is 12.1. The van der Waals surface area contributed by atoms with Gasteiger partial charge in [0.25, 0.3) is 5.56 Å². The number of aromatic nitrogens is 3. The van der Waals surface area contributed by atoms with Crippen LogP contribution >= 0.6 is 0 Å². The molecule has 0 fully saturated rings. The van der Waals surface area contributed by atoms with E-state index >= 15 is 0 Å². The largest absolute Gasteiger partial charge is 0.383 e. The first-order valence-corrected chi connectivity index (χ1v) is 9.02. The Morgan fingerprint density at radius 2 is 1.92 bits per heavy atom. The topological polar surface area (TPSA) is 49.0 Å². The first kappa shape index (κ1) is 18.4. The SMILES string of the molecule is COC[C@H](C)n1c(-c2cc(C)c(=O)n(C)c2)nc2ccc(C(C)C)cc21.